The van der Waals surface area contributed by atoms with Gasteiger partial charge in [0.05, 0.1) is 24.2 Å². The van der Waals surface area contributed by atoms with Gasteiger partial charge in [-0.3, -0.25) is 19.4 Å². The third kappa shape index (κ3) is 5.57. The highest BCUT2D eigenvalue weighted by Gasteiger charge is 2.16. The summed E-state index contributed by atoms with van der Waals surface area (Å²) in [5.74, 6) is 0.701. The minimum absolute atomic E-state index is 0.170. The fourth-order valence-corrected chi connectivity index (χ4v) is 3.82. The molecule has 9 heteroatoms. The lowest BCUT2D eigenvalue weighted by Crippen LogP contribution is -2.25. The fourth-order valence-electron chi connectivity index (χ4n) is 3.19. The molecule has 0 atom stereocenters. The van der Waals surface area contributed by atoms with Crippen LogP contribution in [0.2, 0.25) is 0 Å². The van der Waals surface area contributed by atoms with E-state index < -0.39 is 0 Å². The molecular weight excluding hydrogens is 390 g/mol. The van der Waals surface area contributed by atoms with Crippen LogP contribution in [0.1, 0.15) is 43.1 Å². The van der Waals surface area contributed by atoms with Crippen LogP contribution in [0.15, 0.2) is 18.3 Å². The second-order valence-electron chi connectivity index (χ2n) is 6.89. The van der Waals surface area contributed by atoms with Gasteiger partial charge in [0.25, 0.3) is 5.91 Å². The van der Waals surface area contributed by atoms with Crippen molar-refractivity contribution < 1.29 is 14.3 Å². The van der Waals surface area contributed by atoms with Gasteiger partial charge in [-0.1, -0.05) is 24.6 Å². The van der Waals surface area contributed by atoms with Crippen molar-refractivity contribution in [3.8, 4) is 0 Å². The zero-order chi connectivity index (χ0) is 20.6. The Labute approximate surface area is 173 Å². The molecule has 1 amide bonds. The van der Waals surface area contributed by atoms with Crippen molar-refractivity contribution in [2.45, 2.75) is 39.2 Å². The first-order valence-electron chi connectivity index (χ1n) is 9.85. The van der Waals surface area contributed by atoms with Gasteiger partial charge in [0, 0.05) is 43.3 Å². The number of amides is 1. The first kappa shape index (κ1) is 21.3. The topological polar surface area (TPSA) is 102 Å². The number of rotatable bonds is 11. The monoisotopic (exact) mass is 417 g/mol. The van der Waals surface area contributed by atoms with Crippen LogP contribution in [-0.2, 0) is 16.1 Å². The Morgan fingerprint density at radius 1 is 1.21 bits per heavy atom. The van der Waals surface area contributed by atoms with Gasteiger partial charge < -0.3 is 10.1 Å². The molecule has 2 N–H and O–H groups in total. The maximum atomic E-state index is 12.5. The number of benzene rings is 1. The van der Waals surface area contributed by atoms with E-state index in [1.807, 2.05) is 23.0 Å². The largest absolute Gasteiger partial charge is 0.383 e. The maximum Gasteiger partial charge on any atom is 0.272 e. The highest BCUT2D eigenvalue weighted by Crippen LogP contribution is 2.25. The molecule has 8 nitrogen and oxygen atoms in total. The van der Waals surface area contributed by atoms with E-state index in [9.17, 15) is 9.59 Å². The number of ether oxygens (including phenoxy) is 1. The number of unbranched alkanes of at least 4 members (excludes halogenated alkanes) is 3. The second-order valence-corrected chi connectivity index (χ2v) is 8.16. The third-order valence-corrected chi connectivity index (χ3v) is 5.57. The van der Waals surface area contributed by atoms with E-state index in [0.717, 1.165) is 53.2 Å². The molecule has 0 aliphatic heterocycles. The maximum absolute atomic E-state index is 12.5. The highest BCUT2D eigenvalue weighted by molar-refractivity contribution is 8.13. The van der Waals surface area contributed by atoms with Crippen molar-refractivity contribution in [1.82, 2.24) is 25.3 Å². The molecule has 2 heterocycles. The van der Waals surface area contributed by atoms with Gasteiger partial charge in [-0.05, 0) is 25.0 Å². The summed E-state index contributed by atoms with van der Waals surface area (Å²) < 4.78 is 6.94. The van der Waals surface area contributed by atoms with Crippen LogP contribution in [0.5, 0.6) is 0 Å². The Bertz CT molecular complexity index is 981. The molecule has 0 bridgehead atoms. The first-order valence-corrected chi connectivity index (χ1v) is 10.8. The number of aromatic nitrogens is 4. The van der Waals surface area contributed by atoms with Crippen LogP contribution >= 0.6 is 11.8 Å². The molecule has 29 heavy (non-hydrogen) atoms. The number of carbonyl (C=O) groups excluding carboxylic acids is 2. The van der Waals surface area contributed by atoms with Crippen LogP contribution in [0.3, 0.4) is 0 Å². The minimum atomic E-state index is -0.172. The molecule has 3 aromatic rings. The smallest absolute Gasteiger partial charge is 0.272 e. The minimum Gasteiger partial charge on any atom is -0.383 e. The number of nitrogens with zero attached hydrogens (tertiary/aromatic N) is 3. The molecule has 2 aromatic heterocycles. The molecule has 1 aromatic carbocycles. The summed E-state index contributed by atoms with van der Waals surface area (Å²) in [5, 5.41) is 16.6. The molecule has 0 aliphatic carbocycles. The molecule has 0 saturated heterocycles. The molecule has 0 saturated carbocycles. The standard InChI is InChI=1S/C20H27N5O3S/c1-14(26)29-12-6-4-3-5-9-21-20(27)19-15-7-8-17-16(18(15)22-23-19)13-25(24-17)10-11-28-2/h7-8,13H,3-6,9-12H2,1-2H3,(H,21,27)(H,22,23). The Hall–Kier alpha value is -2.39. The number of nitrogens with one attached hydrogen (secondary N) is 2. The van der Waals surface area contributed by atoms with E-state index in [1.54, 1.807) is 14.0 Å². The number of methoxy groups -OCH3 is 1. The van der Waals surface area contributed by atoms with E-state index in [4.69, 9.17) is 4.74 Å². The lowest BCUT2D eigenvalue weighted by molar-refractivity contribution is -0.109. The van der Waals surface area contributed by atoms with E-state index >= 15 is 0 Å². The molecule has 3 rings (SSSR count). The number of fused-ring (bicyclic) bond motifs is 3. The number of hydrogen-bond donors (Lipinski definition) is 2. The SMILES string of the molecule is COCCn1cc2c(ccc3c(C(=O)NCCCCCCSC(C)=O)n[nH]c32)n1. The van der Waals surface area contributed by atoms with Gasteiger partial charge in [-0.2, -0.15) is 10.2 Å². The van der Waals surface area contributed by atoms with Gasteiger partial charge in [0.15, 0.2) is 10.8 Å². The fraction of sp³-hybridized carbons (Fsp3) is 0.500. The number of thioether (sulfide) groups is 1. The van der Waals surface area contributed by atoms with Crippen molar-refractivity contribution in [3.63, 3.8) is 0 Å². The van der Waals surface area contributed by atoms with Crippen LogP contribution in [-0.4, -0.2) is 57.0 Å². The van der Waals surface area contributed by atoms with Crippen LogP contribution in [0.25, 0.3) is 21.8 Å². The van der Waals surface area contributed by atoms with Crippen molar-refractivity contribution in [2.75, 3.05) is 26.0 Å². The van der Waals surface area contributed by atoms with Gasteiger partial charge >= 0.3 is 0 Å². The van der Waals surface area contributed by atoms with Gasteiger partial charge in [0.2, 0.25) is 0 Å². The lowest BCUT2D eigenvalue weighted by atomic mass is 10.1. The Kier molecular flexibility index (Phi) is 7.65. The Morgan fingerprint density at radius 3 is 2.83 bits per heavy atom. The zero-order valence-electron chi connectivity index (χ0n) is 16.9. The molecular formula is C20H27N5O3S. The Balaban J connectivity index is 1.54. The van der Waals surface area contributed by atoms with E-state index in [-0.39, 0.29) is 11.0 Å². The third-order valence-electron chi connectivity index (χ3n) is 4.67. The van der Waals surface area contributed by atoms with Crippen molar-refractivity contribution in [2.24, 2.45) is 0 Å². The summed E-state index contributed by atoms with van der Waals surface area (Å²) >= 11 is 1.37. The molecule has 0 aliphatic rings. The Morgan fingerprint density at radius 2 is 2.03 bits per heavy atom. The number of hydrogen-bond acceptors (Lipinski definition) is 6. The molecule has 0 unspecified atom stereocenters. The zero-order valence-corrected chi connectivity index (χ0v) is 17.7. The summed E-state index contributed by atoms with van der Waals surface area (Å²) in [6.07, 6.45) is 5.97. The quantitative estimate of drug-likeness (QED) is 0.465. The average Bonchev–Trinajstić information content (AvgIpc) is 3.31. The van der Waals surface area contributed by atoms with E-state index in [2.05, 4.69) is 20.6 Å². The predicted molar refractivity (Wildman–Crippen MR) is 115 cm³/mol. The summed E-state index contributed by atoms with van der Waals surface area (Å²) in [5.41, 5.74) is 2.08. The average molecular weight is 418 g/mol. The van der Waals surface area contributed by atoms with Crippen LogP contribution < -0.4 is 5.32 Å². The highest BCUT2D eigenvalue weighted by atomic mass is 32.2. The van der Waals surface area contributed by atoms with Crippen molar-refractivity contribution in [3.05, 3.63) is 24.0 Å². The van der Waals surface area contributed by atoms with Crippen molar-refractivity contribution in [1.29, 1.82) is 0 Å². The summed E-state index contributed by atoms with van der Waals surface area (Å²) in [6.45, 7) is 3.46. The number of carbonyl (C=O) groups is 2. The number of aromatic amines is 1. The van der Waals surface area contributed by atoms with Gasteiger partial charge in [0.1, 0.15) is 0 Å². The predicted octanol–water partition coefficient (Wildman–Crippen LogP) is 3.13. The molecule has 0 spiro atoms. The summed E-state index contributed by atoms with van der Waals surface area (Å²) in [7, 11) is 1.66. The molecule has 0 fully saturated rings. The van der Waals surface area contributed by atoms with Gasteiger partial charge in [-0.15, -0.1) is 0 Å². The molecule has 0 radical (unpaired) electrons. The normalized spacial score (nSPS) is 11.4. The summed E-state index contributed by atoms with van der Waals surface area (Å²) in [6, 6.07) is 3.79. The summed E-state index contributed by atoms with van der Waals surface area (Å²) in [4.78, 5) is 23.4. The van der Waals surface area contributed by atoms with Crippen molar-refractivity contribution >= 4 is 44.6 Å². The second kappa shape index (κ2) is 10.4. The van der Waals surface area contributed by atoms with E-state index in [1.165, 1.54) is 11.8 Å². The van der Waals surface area contributed by atoms with Crippen LogP contribution in [0, 0.1) is 0 Å². The van der Waals surface area contributed by atoms with Crippen LogP contribution in [0.4, 0.5) is 0 Å². The van der Waals surface area contributed by atoms with E-state index in [0.29, 0.717) is 25.4 Å². The number of H-pyrrole nitrogens is 1. The van der Waals surface area contributed by atoms with Gasteiger partial charge in [-0.25, -0.2) is 0 Å². The molecule has 156 valence electrons. The first-order chi connectivity index (χ1) is 14.1. The lowest BCUT2D eigenvalue weighted by Gasteiger charge is -2.04.